The van der Waals surface area contributed by atoms with Crippen LogP contribution in [0.15, 0.2) is 55.9 Å². The summed E-state index contributed by atoms with van der Waals surface area (Å²) in [6, 6.07) is 13.4. The zero-order valence-corrected chi connectivity index (χ0v) is 16.7. The van der Waals surface area contributed by atoms with Crippen LogP contribution < -0.4 is 5.32 Å². The summed E-state index contributed by atoms with van der Waals surface area (Å²) in [5.41, 5.74) is 5.33. The Morgan fingerprint density at radius 3 is 2.48 bits per heavy atom. The van der Waals surface area contributed by atoms with Crippen LogP contribution >= 0.6 is 15.9 Å². The number of halogens is 1. The van der Waals surface area contributed by atoms with Gasteiger partial charge in [-0.05, 0) is 56.2 Å². The maximum atomic E-state index is 12.7. The Balaban J connectivity index is 1.60. The fourth-order valence-electron chi connectivity index (χ4n) is 2.95. The van der Waals surface area contributed by atoms with E-state index >= 15 is 0 Å². The number of aromatic nitrogens is 1. The van der Waals surface area contributed by atoms with Gasteiger partial charge < -0.3 is 8.94 Å². The standard InChI is InChI=1S/C21H17BrN2O3/c1-11-8-16-13(3)20(26-18(16)9-12(11)2)21(25)23-19-10-17(24-27-19)14-4-6-15(22)7-5-14/h4-10H,1-3H3,(H,23,25). The lowest BCUT2D eigenvalue weighted by Crippen LogP contribution is -2.11. The summed E-state index contributed by atoms with van der Waals surface area (Å²) in [7, 11) is 0. The topological polar surface area (TPSA) is 68.3 Å². The molecular formula is C21H17BrN2O3. The first-order chi connectivity index (χ1) is 12.9. The molecule has 0 aliphatic rings. The smallest absolute Gasteiger partial charge is 0.294 e. The minimum Gasteiger partial charge on any atom is -0.451 e. The lowest BCUT2D eigenvalue weighted by molar-refractivity contribution is 0.0994. The third-order valence-electron chi connectivity index (χ3n) is 4.65. The molecule has 0 unspecified atom stereocenters. The van der Waals surface area contributed by atoms with Crippen LogP contribution in [0.1, 0.15) is 27.2 Å². The van der Waals surface area contributed by atoms with E-state index in [0.717, 1.165) is 32.1 Å². The fourth-order valence-corrected chi connectivity index (χ4v) is 3.22. The van der Waals surface area contributed by atoms with Gasteiger partial charge in [-0.15, -0.1) is 0 Å². The average molecular weight is 425 g/mol. The number of rotatable bonds is 3. The number of anilines is 1. The highest BCUT2D eigenvalue weighted by Gasteiger charge is 2.20. The van der Waals surface area contributed by atoms with E-state index < -0.39 is 0 Å². The van der Waals surface area contributed by atoms with Gasteiger partial charge in [-0.2, -0.15) is 0 Å². The lowest BCUT2D eigenvalue weighted by atomic mass is 10.1. The molecule has 0 fully saturated rings. The van der Waals surface area contributed by atoms with Crippen molar-refractivity contribution in [2.75, 3.05) is 5.32 Å². The molecule has 1 amide bonds. The maximum Gasteiger partial charge on any atom is 0.294 e. The Bertz CT molecular complexity index is 1160. The van der Waals surface area contributed by atoms with Crippen molar-refractivity contribution < 1.29 is 13.7 Å². The minimum absolute atomic E-state index is 0.269. The highest BCUT2D eigenvalue weighted by molar-refractivity contribution is 9.10. The summed E-state index contributed by atoms with van der Waals surface area (Å²) >= 11 is 3.40. The first kappa shape index (κ1) is 17.5. The molecule has 6 heteroatoms. The lowest BCUT2D eigenvalue weighted by Gasteiger charge is -1.98. The van der Waals surface area contributed by atoms with Crippen LogP contribution in [0.3, 0.4) is 0 Å². The molecule has 0 saturated carbocycles. The second-order valence-corrected chi connectivity index (χ2v) is 7.44. The number of nitrogens with one attached hydrogen (secondary N) is 1. The molecule has 4 aromatic rings. The number of benzene rings is 2. The zero-order valence-electron chi connectivity index (χ0n) is 15.1. The van der Waals surface area contributed by atoms with Crippen molar-refractivity contribution >= 4 is 38.7 Å². The molecule has 0 atom stereocenters. The van der Waals surface area contributed by atoms with Gasteiger partial charge in [0.2, 0.25) is 5.88 Å². The Kier molecular flexibility index (Phi) is 4.36. The van der Waals surface area contributed by atoms with Gasteiger partial charge in [-0.1, -0.05) is 33.2 Å². The third-order valence-corrected chi connectivity index (χ3v) is 5.17. The van der Waals surface area contributed by atoms with Gasteiger partial charge in [0.1, 0.15) is 11.3 Å². The van der Waals surface area contributed by atoms with E-state index in [4.69, 9.17) is 8.94 Å². The molecule has 0 spiro atoms. The Hall–Kier alpha value is -2.86. The number of carbonyl (C=O) groups excluding carboxylic acids is 1. The van der Waals surface area contributed by atoms with Gasteiger partial charge >= 0.3 is 0 Å². The number of hydrogen-bond acceptors (Lipinski definition) is 4. The van der Waals surface area contributed by atoms with Crippen molar-refractivity contribution in [1.29, 1.82) is 0 Å². The molecule has 0 saturated heterocycles. The first-order valence-corrected chi connectivity index (χ1v) is 9.26. The van der Waals surface area contributed by atoms with Crippen LogP contribution in [0.5, 0.6) is 0 Å². The van der Waals surface area contributed by atoms with E-state index in [0.29, 0.717) is 11.3 Å². The summed E-state index contributed by atoms with van der Waals surface area (Å²) in [6.07, 6.45) is 0. The third kappa shape index (κ3) is 3.28. The van der Waals surface area contributed by atoms with Crippen LogP contribution in [0, 0.1) is 20.8 Å². The van der Waals surface area contributed by atoms with E-state index in [-0.39, 0.29) is 17.6 Å². The van der Waals surface area contributed by atoms with Crippen molar-refractivity contribution in [3.05, 3.63) is 69.4 Å². The number of carbonyl (C=O) groups is 1. The van der Waals surface area contributed by atoms with Crippen molar-refractivity contribution in [1.82, 2.24) is 5.16 Å². The fraction of sp³-hybridized carbons (Fsp3) is 0.143. The van der Waals surface area contributed by atoms with Crippen LogP contribution in [-0.2, 0) is 0 Å². The number of hydrogen-bond donors (Lipinski definition) is 1. The van der Waals surface area contributed by atoms with Gasteiger partial charge in [0.25, 0.3) is 5.91 Å². The molecule has 1 N–H and O–H groups in total. The van der Waals surface area contributed by atoms with Crippen molar-refractivity contribution in [2.45, 2.75) is 20.8 Å². The van der Waals surface area contributed by atoms with Crippen molar-refractivity contribution in [2.24, 2.45) is 0 Å². The molecule has 2 aromatic carbocycles. The molecule has 136 valence electrons. The van der Waals surface area contributed by atoms with E-state index in [2.05, 4.69) is 26.4 Å². The van der Waals surface area contributed by atoms with Crippen LogP contribution in [0.25, 0.3) is 22.2 Å². The molecule has 0 aliphatic heterocycles. The zero-order chi connectivity index (χ0) is 19.1. The molecule has 0 radical (unpaired) electrons. The molecular weight excluding hydrogens is 408 g/mol. The summed E-state index contributed by atoms with van der Waals surface area (Å²) in [5.74, 6) is 0.180. The Morgan fingerprint density at radius 2 is 1.74 bits per heavy atom. The normalized spacial score (nSPS) is 11.1. The summed E-state index contributed by atoms with van der Waals surface area (Å²) < 4.78 is 12.0. The Labute approximate surface area is 164 Å². The number of amides is 1. The van der Waals surface area contributed by atoms with Gasteiger partial charge in [-0.3, -0.25) is 10.1 Å². The van der Waals surface area contributed by atoms with Gasteiger partial charge in [-0.25, -0.2) is 0 Å². The van der Waals surface area contributed by atoms with E-state index in [9.17, 15) is 4.79 Å². The molecule has 5 nitrogen and oxygen atoms in total. The van der Waals surface area contributed by atoms with Crippen LogP contribution in [-0.4, -0.2) is 11.1 Å². The van der Waals surface area contributed by atoms with E-state index in [1.165, 1.54) is 0 Å². The van der Waals surface area contributed by atoms with Crippen molar-refractivity contribution in [3.8, 4) is 11.3 Å². The van der Waals surface area contributed by atoms with Crippen LogP contribution in [0.2, 0.25) is 0 Å². The highest BCUT2D eigenvalue weighted by Crippen LogP contribution is 2.29. The molecule has 27 heavy (non-hydrogen) atoms. The SMILES string of the molecule is Cc1cc2oc(C(=O)Nc3cc(-c4ccc(Br)cc4)no3)c(C)c2cc1C. The largest absolute Gasteiger partial charge is 0.451 e. The summed E-state index contributed by atoms with van der Waals surface area (Å²) in [5, 5.41) is 7.68. The first-order valence-electron chi connectivity index (χ1n) is 8.47. The summed E-state index contributed by atoms with van der Waals surface area (Å²) in [4.78, 5) is 12.7. The van der Waals surface area contributed by atoms with Crippen LogP contribution in [0.4, 0.5) is 5.88 Å². The molecule has 0 bridgehead atoms. The predicted octanol–water partition coefficient (Wildman–Crippen LogP) is 6.03. The molecule has 2 heterocycles. The molecule has 4 rings (SSSR count). The van der Waals surface area contributed by atoms with Gasteiger partial charge in [0.15, 0.2) is 5.76 Å². The second-order valence-electron chi connectivity index (χ2n) is 6.53. The number of nitrogens with zero attached hydrogens (tertiary/aromatic N) is 1. The number of aryl methyl sites for hydroxylation is 3. The van der Waals surface area contributed by atoms with E-state index in [1.54, 1.807) is 6.07 Å². The quantitative estimate of drug-likeness (QED) is 0.435. The van der Waals surface area contributed by atoms with E-state index in [1.807, 2.05) is 57.2 Å². The van der Waals surface area contributed by atoms with Gasteiger partial charge in [0.05, 0.1) is 0 Å². The maximum absolute atomic E-state index is 12.7. The second kappa shape index (κ2) is 6.70. The highest BCUT2D eigenvalue weighted by atomic mass is 79.9. The minimum atomic E-state index is -0.363. The Morgan fingerprint density at radius 1 is 1.04 bits per heavy atom. The van der Waals surface area contributed by atoms with Gasteiger partial charge in [0, 0.05) is 27.1 Å². The monoisotopic (exact) mass is 424 g/mol. The average Bonchev–Trinajstić information content (AvgIpc) is 3.22. The number of fused-ring (bicyclic) bond motifs is 1. The van der Waals surface area contributed by atoms with Crippen molar-refractivity contribution in [3.63, 3.8) is 0 Å². The molecule has 0 aliphatic carbocycles. The number of furan rings is 1. The predicted molar refractivity (Wildman–Crippen MR) is 108 cm³/mol. The summed E-state index contributed by atoms with van der Waals surface area (Å²) in [6.45, 7) is 5.94. The molecule has 2 aromatic heterocycles.